The summed E-state index contributed by atoms with van der Waals surface area (Å²) in [6.45, 7) is 3.71. The van der Waals surface area contributed by atoms with Gasteiger partial charge in [-0.1, -0.05) is 24.2 Å². The fraction of sp³-hybridized carbons (Fsp3) is 0. The number of aromatic nitrogens is 1. The van der Waals surface area contributed by atoms with Crippen LogP contribution in [0.5, 0.6) is 0 Å². The molecule has 2 nitrogen and oxygen atoms in total. The van der Waals surface area contributed by atoms with Crippen molar-refractivity contribution in [1.29, 1.82) is 0 Å². The van der Waals surface area contributed by atoms with Crippen LogP contribution in [0.4, 0.5) is 5.69 Å². The molecule has 2 aromatic heterocycles. The van der Waals surface area contributed by atoms with Gasteiger partial charge in [0.1, 0.15) is 0 Å². The van der Waals surface area contributed by atoms with E-state index in [1.165, 1.54) is 0 Å². The normalized spacial score (nSPS) is 10.7. The molecular formula is C15H12ClN2+. The van der Waals surface area contributed by atoms with E-state index in [9.17, 15) is 0 Å². The van der Waals surface area contributed by atoms with Crippen molar-refractivity contribution in [3.8, 4) is 0 Å². The Morgan fingerprint density at radius 1 is 1.17 bits per heavy atom. The van der Waals surface area contributed by atoms with Gasteiger partial charge in [-0.05, 0) is 18.3 Å². The molecule has 0 saturated heterocycles. The first-order chi connectivity index (χ1) is 8.81. The van der Waals surface area contributed by atoms with Crippen molar-refractivity contribution in [1.82, 2.24) is 0 Å². The maximum atomic E-state index is 6.31. The smallest absolute Gasteiger partial charge is 0.222 e. The second-order valence-electron chi connectivity index (χ2n) is 4.04. The van der Waals surface area contributed by atoms with Crippen LogP contribution in [0.25, 0.3) is 16.4 Å². The summed E-state index contributed by atoms with van der Waals surface area (Å²) < 4.78 is 2.12. The minimum atomic E-state index is 0.732. The Balaban J connectivity index is 2.54. The van der Waals surface area contributed by atoms with E-state index in [4.69, 9.17) is 11.6 Å². The van der Waals surface area contributed by atoms with Crippen LogP contribution in [0.1, 0.15) is 0 Å². The van der Waals surface area contributed by atoms with Crippen molar-refractivity contribution in [3.63, 3.8) is 0 Å². The fourth-order valence-electron chi connectivity index (χ4n) is 2.22. The molecule has 0 aliphatic carbocycles. The Kier molecular flexibility index (Phi) is 2.65. The Morgan fingerprint density at radius 3 is 2.89 bits per heavy atom. The van der Waals surface area contributed by atoms with Crippen LogP contribution < -0.4 is 9.72 Å². The summed E-state index contributed by atoms with van der Waals surface area (Å²) in [7, 11) is 0. The molecular weight excluding hydrogens is 244 g/mol. The highest BCUT2D eigenvalue weighted by Crippen LogP contribution is 2.29. The first-order valence-corrected chi connectivity index (χ1v) is 6.08. The van der Waals surface area contributed by atoms with Crippen LogP contribution in [0.2, 0.25) is 5.02 Å². The molecule has 1 N–H and O–H groups in total. The molecule has 3 rings (SSSR count). The number of rotatable bonds is 2. The van der Waals surface area contributed by atoms with Crippen molar-refractivity contribution in [3.05, 3.63) is 66.5 Å². The highest BCUT2D eigenvalue weighted by Gasteiger charge is 2.14. The van der Waals surface area contributed by atoms with Gasteiger partial charge in [-0.3, -0.25) is 0 Å². The van der Waals surface area contributed by atoms with E-state index in [1.807, 2.05) is 30.5 Å². The lowest BCUT2D eigenvalue weighted by Gasteiger charge is -2.06. The number of fused-ring (bicyclic) bond motifs is 3. The summed E-state index contributed by atoms with van der Waals surface area (Å²) in [4.78, 5) is 0. The lowest BCUT2D eigenvalue weighted by molar-refractivity contribution is -0.481. The van der Waals surface area contributed by atoms with Crippen LogP contribution in [-0.2, 0) is 0 Å². The van der Waals surface area contributed by atoms with E-state index in [1.54, 1.807) is 6.20 Å². The monoisotopic (exact) mass is 255 g/mol. The molecule has 0 amide bonds. The standard InChI is InChI=1S/C15H11ClN2/c1-2-17-13-10-11-6-3-4-9-18(11)14-8-5-7-12(16)15(13)14/h2-10H,1H2/p+1. The van der Waals surface area contributed by atoms with Gasteiger partial charge in [-0.15, -0.1) is 0 Å². The van der Waals surface area contributed by atoms with E-state index in [-0.39, 0.29) is 0 Å². The third-order valence-corrected chi connectivity index (χ3v) is 3.28. The van der Waals surface area contributed by atoms with Crippen molar-refractivity contribution < 1.29 is 4.40 Å². The summed E-state index contributed by atoms with van der Waals surface area (Å²) in [5.41, 5.74) is 3.15. The van der Waals surface area contributed by atoms with Crippen LogP contribution in [0, 0.1) is 0 Å². The van der Waals surface area contributed by atoms with Crippen molar-refractivity contribution in [2.75, 3.05) is 5.32 Å². The van der Waals surface area contributed by atoms with Gasteiger partial charge in [0.2, 0.25) is 11.0 Å². The number of hydrogen-bond acceptors (Lipinski definition) is 1. The van der Waals surface area contributed by atoms with E-state index in [0.717, 1.165) is 27.1 Å². The zero-order valence-electron chi connectivity index (χ0n) is 9.73. The lowest BCUT2D eigenvalue weighted by atomic mass is 10.1. The molecule has 0 aliphatic rings. The molecule has 0 fully saturated rings. The summed E-state index contributed by atoms with van der Waals surface area (Å²) in [6, 6.07) is 14.1. The van der Waals surface area contributed by atoms with Crippen molar-refractivity contribution in [2.24, 2.45) is 0 Å². The van der Waals surface area contributed by atoms with Gasteiger partial charge in [-0.25, -0.2) is 0 Å². The number of benzene rings is 1. The molecule has 0 spiro atoms. The molecule has 0 unspecified atom stereocenters. The molecule has 0 atom stereocenters. The molecule has 0 bridgehead atoms. The minimum Gasteiger partial charge on any atom is -0.361 e. The Hall–Kier alpha value is -2.06. The van der Waals surface area contributed by atoms with Crippen LogP contribution in [-0.4, -0.2) is 0 Å². The lowest BCUT2D eigenvalue weighted by Crippen LogP contribution is -2.22. The summed E-state index contributed by atoms with van der Waals surface area (Å²) >= 11 is 6.31. The van der Waals surface area contributed by atoms with Crippen molar-refractivity contribution in [2.45, 2.75) is 0 Å². The highest BCUT2D eigenvalue weighted by molar-refractivity contribution is 6.36. The molecule has 18 heavy (non-hydrogen) atoms. The van der Waals surface area contributed by atoms with Gasteiger partial charge in [0.05, 0.1) is 16.1 Å². The van der Waals surface area contributed by atoms with Gasteiger partial charge in [0.25, 0.3) is 0 Å². The van der Waals surface area contributed by atoms with E-state index < -0.39 is 0 Å². The van der Waals surface area contributed by atoms with E-state index in [2.05, 4.69) is 34.5 Å². The van der Waals surface area contributed by atoms with Crippen molar-refractivity contribution >= 4 is 33.7 Å². The molecule has 1 aromatic carbocycles. The SMILES string of the molecule is C=CNc1cc2cccc[n+]2c2cccc(Cl)c12. The summed E-state index contributed by atoms with van der Waals surface area (Å²) in [5.74, 6) is 0. The van der Waals surface area contributed by atoms with Gasteiger partial charge in [-0.2, -0.15) is 4.40 Å². The summed E-state index contributed by atoms with van der Waals surface area (Å²) in [6.07, 6.45) is 3.70. The van der Waals surface area contributed by atoms with Gasteiger partial charge in [0.15, 0.2) is 6.20 Å². The maximum absolute atomic E-state index is 6.31. The van der Waals surface area contributed by atoms with Gasteiger partial charge >= 0.3 is 0 Å². The molecule has 0 saturated carbocycles. The Labute approximate surface area is 110 Å². The number of nitrogens with one attached hydrogen (secondary N) is 1. The fourth-order valence-corrected chi connectivity index (χ4v) is 2.49. The number of pyridine rings is 2. The van der Waals surface area contributed by atoms with Crippen LogP contribution >= 0.6 is 11.6 Å². The summed E-state index contributed by atoms with van der Waals surface area (Å²) in [5, 5.41) is 4.88. The van der Waals surface area contributed by atoms with E-state index in [0.29, 0.717) is 0 Å². The zero-order chi connectivity index (χ0) is 12.5. The average molecular weight is 256 g/mol. The van der Waals surface area contributed by atoms with E-state index >= 15 is 0 Å². The molecule has 2 heterocycles. The predicted molar refractivity (Wildman–Crippen MR) is 75.9 cm³/mol. The molecule has 3 heteroatoms. The predicted octanol–water partition coefficient (Wildman–Crippen LogP) is 3.79. The number of hydrogen-bond donors (Lipinski definition) is 1. The van der Waals surface area contributed by atoms with Crippen LogP contribution in [0.15, 0.2) is 61.4 Å². The number of nitrogens with zero attached hydrogens (tertiary/aromatic N) is 1. The first-order valence-electron chi connectivity index (χ1n) is 5.70. The Morgan fingerprint density at radius 2 is 2.06 bits per heavy atom. The second kappa shape index (κ2) is 4.31. The molecule has 0 aliphatic heterocycles. The zero-order valence-corrected chi connectivity index (χ0v) is 10.5. The van der Waals surface area contributed by atoms with Crippen LogP contribution in [0.3, 0.4) is 0 Å². The number of halogens is 1. The Bertz CT molecular complexity index is 750. The second-order valence-corrected chi connectivity index (χ2v) is 4.44. The molecule has 0 radical (unpaired) electrons. The third-order valence-electron chi connectivity index (χ3n) is 2.96. The maximum Gasteiger partial charge on any atom is 0.222 e. The van der Waals surface area contributed by atoms with Gasteiger partial charge < -0.3 is 5.32 Å². The largest absolute Gasteiger partial charge is 0.361 e. The first kappa shape index (κ1) is 11.1. The van der Waals surface area contributed by atoms with Gasteiger partial charge in [0, 0.05) is 24.3 Å². The quantitative estimate of drug-likeness (QED) is 0.544. The third kappa shape index (κ3) is 1.62. The topological polar surface area (TPSA) is 16.1 Å². The molecule has 3 aromatic rings. The number of anilines is 1. The highest BCUT2D eigenvalue weighted by atomic mass is 35.5. The molecule has 88 valence electrons. The average Bonchev–Trinajstić information content (AvgIpc) is 2.39. The minimum absolute atomic E-state index is 0.732.